The number of rotatable bonds is 7. The van der Waals surface area contributed by atoms with Gasteiger partial charge in [0.2, 0.25) is 5.28 Å². The van der Waals surface area contributed by atoms with Crippen LogP contribution in [-0.2, 0) is 16.5 Å². The van der Waals surface area contributed by atoms with Gasteiger partial charge in [-0.15, -0.1) is 0 Å². The molecule has 2 aromatic heterocycles. The Morgan fingerprint density at radius 1 is 1.25 bits per heavy atom. The van der Waals surface area contributed by atoms with Crippen LogP contribution in [0, 0.1) is 5.92 Å². The predicted molar refractivity (Wildman–Crippen MR) is 146 cm³/mol. The van der Waals surface area contributed by atoms with Gasteiger partial charge >= 0.3 is 11.8 Å². The summed E-state index contributed by atoms with van der Waals surface area (Å²) < 4.78 is 48.0. The van der Waals surface area contributed by atoms with Gasteiger partial charge in [-0.1, -0.05) is 18.5 Å². The van der Waals surface area contributed by atoms with Crippen LogP contribution in [0.5, 0.6) is 5.75 Å². The zero-order valence-electron chi connectivity index (χ0n) is 22.6. The minimum Gasteiger partial charge on any atom is -0.489 e. The summed E-state index contributed by atoms with van der Waals surface area (Å²) in [5.41, 5.74) is 0.222. The van der Waals surface area contributed by atoms with Crippen molar-refractivity contribution in [2.24, 2.45) is 13.0 Å². The zero-order valence-corrected chi connectivity index (χ0v) is 24.1. The highest BCUT2D eigenvalue weighted by Gasteiger charge is 2.51. The monoisotopic (exact) mass is 602 g/mol. The second-order valence-corrected chi connectivity index (χ2v) is 11.2. The number of likely N-dealkylation sites (tertiary alicyclic amines) is 1. The third-order valence-electron chi connectivity index (χ3n) is 6.21. The van der Waals surface area contributed by atoms with Crippen molar-refractivity contribution in [1.82, 2.24) is 24.4 Å². The van der Waals surface area contributed by atoms with Crippen molar-refractivity contribution in [3.05, 3.63) is 39.1 Å². The smallest absolute Gasteiger partial charge is 0.410 e. The Bertz CT molecular complexity index is 1460. The summed E-state index contributed by atoms with van der Waals surface area (Å²) in [5.74, 6) is -3.80. The van der Waals surface area contributed by atoms with Gasteiger partial charge in [0.25, 0.3) is 5.92 Å². The number of halogens is 4. The first-order valence-electron chi connectivity index (χ1n) is 12.4. The van der Waals surface area contributed by atoms with E-state index in [2.05, 4.69) is 20.3 Å². The van der Waals surface area contributed by atoms with Gasteiger partial charge in [-0.25, -0.2) is 23.4 Å². The number of nitrogens with one attached hydrogen (secondary N) is 2. The van der Waals surface area contributed by atoms with Crippen molar-refractivity contribution in [2.45, 2.75) is 45.3 Å². The summed E-state index contributed by atoms with van der Waals surface area (Å²) in [4.78, 5) is 36.6. The molecular weight excluding hydrogens is 573 g/mol. The molecule has 0 saturated carbocycles. The molecule has 218 valence electrons. The average molecular weight is 603 g/mol. The fourth-order valence-corrected chi connectivity index (χ4v) is 4.52. The normalized spacial score (nSPS) is 19.1. The van der Waals surface area contributed by atoms with Gasteiger partial charge in [0.15, 0.2) is 5.82 Å². The first-order chi connectivity index (χ1) is 18.7. The van der Waals surface area contributed by atoms with E-state index >= 15 is 0 Å². The molecule has 0 radical (unpaired) electrons. The molecule has 1 aromatic carbocycles. The summed E-state index contributed by atoms with van der Waals surface area (Å²) in [7, 11) is 1.56. The van der Waals surface area contributed by atoms with Crippen molar-refractivity contribution < 1.29 is 27.8 Å². The molecule has 0 unspecified atom stereocenters. The molecule has 1 aliphatic heterocycles. The van der Waals surface area contributed by atoms with Crippen molar-refractivity contribution in [1.29, 1.82) is 0 Å². The van der Waals surface area contributed by atoms with Gasteiger partial charge in [-0.3, -0.25) is 4.57 Å². The van der Waals surface area contributed by atoms with E-state index in [1.54, 1.807) is 40.0 Å². The highest BCUT2D eigenvalue weighted by atomic mass is 35.5. The maximum absolute atomic E-state index is 14.9. The number of hydrogen-bond acceptors (Lipinski definition) is 8. The number of nitrogens with zero attached hydrogens (tertiary/aromatic N) is 4. The van der Waals surface area contributed by atoms with E-state index < -0.39 is 29.6 Å². The van der Waals surface area contributed by atoms with Gasteiger partial charge < -0.3 is 29.4 Å². The number of benzene rings is 1. The molecule has 4 rings (SSSR count). The molecule has 40 heavy (non-hydrogen) atoms. The minimum atomic E-state index is -3.17. The number of ether oxygens (including phenoxy) is 3. The molecule has 1 aliphatic rings. The van der Waals surface area contributed by atoms with E-state index in [9.17, 15) is 18.4 Å². The van der Waals surface area contributed by atoms with Gasteiger partial charge in [0, 0.05) is 31.3 Å². The molecule has 0 aliphatic carbocycles. The van der Waals surface area contributed by atoms with Gasteiger partial charge in [0.05, 0.1) is 24.9 Å². The van der Waals surface area contributed by atoms with E-state index in [-0.39, 0.29) is 53.9 Å². The number of hydrogen-bond donors (Lipinski definition) is 2. The van der Waals surface area contributed by atoms with Crippen LogP contribution < -0.4 is 15.7 Å². The van der Waals surface area contributed by atoms with E-state index in [1.165, 1.54) is 22.6 Å². The molecule has 1 fully saturated rings. The molecule has 1 saturated heterocycles. The lowest BCUT2D eigenvalue weighted by atomic mass is 9.93. The van der Waals surface area contributed by atoms with Gasteiger partial charge in [-0.2, -0.15) is 4.98 Å². The molecule has 0 bridgehead atoms. The lowest BCUT2D eigenvalue weighted by Gasteiger charge is -2.42. The Morgan fingerprint density at radius 3 is 2.67 bits per heavy atom. The Labute approximate surface area is 238 Å². The maximum atomic E-state index is 14.9. The largest absolute Gasteiger partial charge is 0.489 e. The van der Waals surface area contributed by atoms with Crippen LogP contribution in [-0.4, -0.2) is 74.4 Å². The van der Waals surface area contributed by atoms with Crippen molar-refractivity contribution in [3.8, 4) is 5.75 Å². The standard InChI is InChI=1S/C25H30Cl2F2N6O5/c1-13-11-35(23(37)40-24(2,3)4)12-18(25(13,28)29)39-7-6-38-17-9-14(8-16-19(17)34(5)22(36)32-16)31-20-15(26)10-30-21(27)33-20/h8-10,13,18H,6-7,11-12H2,1-5H3,(H,32,36)(H,30,31,33)/t13-,18+/m1/s1. The summed E-state index contributed by atoms with van der Waals surface area (Å²) >= 11 is 12.0. The van der Waals surface area contributed by atoms with Crippen molar-refractivity contribution in [3.63, 3.8) is 0 Å². The fourth-order valence-electron chi connectivity index (χ4n) is 4.25. The predicted octanol–water partition coefficient (Wildman–Crippen LogP) is 4.99. The summed E-state index contributed by atoms with van der Waals surface area (Å²) in [5, 5.41) is 3.20. The number of H-pyrrole nitrogens is 1. The minimum absolute atomic E-state index is 0.0196. The van der Waals surface area contributed by atoms with Crippen LogP contribution in [0.25, 0.3) is 11.0 Å². The Hall–Kier alpha value is -3.16. The second kappa shape index (κ2) is 11.4. The fraction of sp³-hybridized carbons (Fsp3) is 0.520. The highest BCUT2D eigenvalue weighted by Crippen LogP contribution is 2.36. The van der Waals surface area contributed by atoms with Gasteiger partial charge in [0.1, 0.15) is 34.6 Å². The molecule has 3 aromatic rings. The van der Waals surface area contributed by atoms with Crippen LogP contribution >= 0.6 is 23.2 Å². The van der Waals surface area contributed by atoms with Crippen LogP contribution in [0.1, 0.15) is 27.7 Å². The van der Waals surface area contributed by atoms with E-state index in [1.807, 2.05) is 0 Å². The number of piperidine rings is 1. The maximum Gasteiger partial charge on any atom is 0.410 e. The molecule has 11 nitrogen and oxygen atoms in total. The first-order valence-corrected chi connectivity index (χ1v) is 13.2. The van der Waals surface area contributed by atoms with Crippen LogP contribution in [0.3, 0.4) is 0 Å². The van der Waals surface area contributed by atoms with Crippen molar-refractivity contribution in [2.75, 3.05) is 31.6 Å². The van der Waals surface area contributed by atoms with Gasteiger partial charge in [-0.05, 0) is 38.4 Å². The molecule has 1 amide bonds. The number of alkyl halides is 2. The number of aromatic nitrogens is 4. The summed E-state index contributed by atoms with van der Waals surface area (Å²) in [6, 6.07) is 3.26. The van der Waals surface area contributed by atoms with E-state index in [0.717, 1.165) is 0 Å². The Kier molecular flexibility index (Phi) is 8.48. The number of carbonyl (C=O) groups excluding carboxylic acids is 1. The van der Waals surface area contributed by atoms with Crippen molar-refractivity contribution >= 4 is 51.8 Å². The molecule has 2 atom stereocenters. The zero-order chi connectivity index (χ0) is 29.4. The number of imidazole rings is 1. The Morgan fingerprint density at radius 2 is 1.98 bits per heavy atom. The number of carbonyl (C=O) groups is 1. The number of amides is 1. The number of fused-ring (bicyclic) bond motifs is 1. The number of aryl methyl sites for hydroxylation is 1. The van der Waals surface area contributed by atoms with Crippen LogP contribution in [0.4, 0.5) is 25.1 Å². The van der Waals surface area contributed by atoms with E-state index in [4.69, 9.17) is 37.4 Å². The molecule has 2 N–H and O–H groups in total. The quantitative estimate of drug-likeness (QED) is 0.286. The molecule has 0 spiro atoms. The van der Waals surface area contributed by atoms with Crippen LogP contribution in [0.15, 0.2) is 23.1 Å². The third-order valence-corrected chi connectivity index (χ3v) is 6.67. The third kappa shape index (κ3) is 6.58. The Balaban J connectivity index is 1.48. The number of anilines is 2. The molecule has 3 heterocycles. The highest BCUT2D eigenvalue weighted by molar-refractivity contribution is 6.33. The molecule has 15 heteroatoms. The van der Waals surface area contributed by atoms with E-state index in [0.29, 0.717) is 16.7 Å². The SMILES string of the molecule is C[C@@H]1CN(C(=O)OC(C)(C)C)C[C@H](OCCOc2cc(Nc3nc(Cl)ncc3Cl)cc3[nH]c(=O)n(C)c23)C1(F)F. The number of aromatic amines is 1. The summed E-state index contributed by atoms with van der Waals surface area (Å²) in [6.07, 6.45) is -0.894. The lowest BCUT2D eigenvalue weighted by molar-refractivity contribution is -0.197. The average Bonchev–Trinajstić information content (AvgIpc) is 3.13. The summed E-state index contributed by atoms with van der Waals surface area (Å²) in [6.45, 7) is 5.67. The topological polar surface area (TPSA) is 124 Å². The first kappa shape index (κ1) is 29.8. The lowest BCUT2D eigenvalue weighted by Crippen LogP contribution is -2.59. The second-order valence-electron chi connectivity index (χ2n) is 10.5. The molecular formula is C25H30Cl2F2N6O5. The van der Waals surface area contributed by atoms with Crippen LogP contribution in [0.2, 0.25) is 10.3 Å².